The summed E-state index contributed by atoms with van der Waals surface area (Å²) in [4.78, 5) is 15.7. The van der Waals surface area contributed by atoms with Crippen molar-refractivity contribution in [2.75, 3.05) is 5.75 Å². The topological polar surface area (TPSA) is 20.3 Å². The molecule has 1 aliphatic heterocycles. The van der Waals surface area contributed by atoms with Crippen LogP contribution in [0.3, 0.4) is 0 Å². The molecule has 0 radical (unpaired) electrons. The van der Waals surface area contributed by atoms with Gasteiger partial charge in [0.05, 0.1) is 12.3 Å². The third-order valence-electron chi connectivity index (χ3n) is 3.43. The van der Waals surface area contributed by atoms with E-state index in [-0.39, 0.29) is 23.4 Å². The molecule has 22 heavy (non-hydrogen) atoms. The van der Waals surface area contributed by atoms with E-state index in [1.165, 1.54) is 22.7 Å². The average molecular weight is 343 g/mol. The summed E-state index contributed by atoms with van der Waals surface area (Å²) in [6.07, 6.45) is 0. The van der Waals surface area contributed by atoms with Gasteiger partial charge >= 0.3 is 0 Å². The first-order chi connectivity index (χ1) is 10.5. The third-order valence-corrected chi connectivity index (χ3v) is 5.87. The summed E-state index contributed by atoms with van der Waals surface area (Å²) >= 11 is 3.02. The zero-order valence-electron chi connectivity index (χ0n) is 11.6. The Kier molecular flexibility index (Phi) is 4.18. The Hall–Kier alpha value is -1.47. The number of nitrogens with zero attached hydrogens (tertiary/aromatic N) is 1. The van der Waals surface area contributed by atoms with Gasteiger partial charge in [-0.25, -0.2) is 13.2 Å². The van der Waals surface area contributed by atoms with Crippen LogP contribution in [-0.2, 0) is 11.3 Å². The number of carbonyl (C=O) groups excluding carboxylic acids is 1. The number of rotatable bonds is 3. The van der Waals surface area contributed by atoms with Gasteiger partial charge in [0, 0.05) is 15.3 Å². The van der Waals surface area contributed by atoms with Gasteiger partial charge in [-0.2, -0.15) is 0 Å². The molecule has 2 heterocycles. The molecule has 7 heteroatoms. The van der Waals surface area contributed by atoms with Crippen LogP contribution in [0.2, 0.25) is 0 Å². The number of thiophene rings is 1. The number of aryl methyl sites for hydroxylation is 1. The number of thioether (sulfide) groups is 1. The highest BCUT2D eigenvalue weighted by Crippen LogP contribution is 2.42. The minimum absolute atomic E-state index is 0.0203. The molecule has 0 bridgehead atoms. The van der Waals surface area contributed by atoms with Gasteiger partial charge in [0.15, 0.2) is 17.5 Å². The molecule has 0 N–H and O–H groups in total. The first kappa shape index (κ1) is 15.4. The van der Waals surface area contributed by atoms with Crippen LogP contribution < -0.4 is 0 Å². The SMILES string of the molecule is Cc1ccc(C2SCC(=O)N2Cc2ccc(F)c(F)c2F)s1. The summed E-state index contributed by atoms with van der Waals surface area (Å²) in [7, 11) is 0. The minimum Gasteiger partial charge on any atom is -0.321 e. The van der Waals surface area contributed by atoms with E-state index in [2.05, 4.69) is 0 Å². The Morgan fingerprint density at radius 1 is 1.18 bits per heavy atom. The standard InChI is InChI=1S/C15H12F3NOS2/c1-8-2-5-11(22-8)15-19(12(20)7-21-15)6-9-3-4-10(16)14(18)13(9)17/h2-5,15H,6-7H2,1H3. The molecule has 1 aliphatic rings. The van der Waals surface area contributed by atoms with E-state index >= 15 is 0 Å². The number of hydrogen-bond donors (Lipinski definition) is 0. The quantitative estimate of drug-likeness (QED) is 0.777. The van der Waals surface area contributed by atoms with Crippen molar-refractivity contribution in [3.05, 3.63) is 57.0 Å². The molecule has 1 unspecified atom stereocenters. The second kappa shape index (κ2) is 5.96. The second-order valence-corrected chi connectivity index (χ2v) is 7.36. The molecule has 3 rings (SSSR count). The number of benzene rings is 1. The Bertz CT molecular complexity index is 732. The molecule has 1 atom stereocenters. The van der Waals surface area contributed by atoms with Crippen molar-refractivity contribution >= 4 is 29.0 Å². The summed E-state index contributed by atoms with van der Waals surface area (Å²) < 4.78 is 40.1. The van der Waals surface area contributed by atoms with Crippen molar-refractivity contribution in [3.63, 3.8) is 0 Å². The van der Waals surface area contributed by atoms with E-state index in [4.69, 9.17) is 0 Å². The lowest BCUT2D eigenvalue weighted by Gasteiger charge is -2.23. The number of amides is 1. The average Bonchev–Trinajstić information content (AvgIpc) is 3.06. The Morgan fingerprint density at radius 2 is 1.95 bits per heavy atom. The Balaban J connectivity index is 1.89. The molecule has 0 saturated carbocycles. The van der Waals surface area contributed by atoms with Gasteiger partial charge < -0.3 is 4.90 Å². The molecule has 1 aromatic heterocycles. The summed E-state index contributed by atoms with van der Waals surface area (Å²) in [6.45, 7) is 1.89. The summed E-state index contributed by atoms with van der Waals surface area (Å²) in [5.41, 5.74) is -0.0203. The van der Waals surface area contributed by atoms with Gasteiger partial charge in [-0.05, 0) is 25.1 Å². The van der Waals surface area contributed by atoms with Crippen molar-refractivity contribution in [3.8, 4) is 0 Å². The van der Waals surface area contributed by atoms with Gasteiger partial charge in [0.25, 0.3) is 0 Å². The van der Waals surface area contributed by atoms with Crippen molar-refractivity contribution in [1.29, 1.82) is 0 Å². The van der Waals surface area contributed by atoms with Gasteiger partial charge in [-0.3, -0.25) is 4.79 Å². The van der Waals surface area contributed by atoms with Crippen molar-refractivity contribution in [2.45, 2.75) is 18.8 Å². The van der Waals surface area contributed by atoms with E-state index in [1.807, 2.05) is 19.1 Å². The monoisotopic (exact) mass is 343 g/mol. The maximum absolute atomic E-state index is 13.8. The summed E-state index contributed by atoms with van der Waals surface area (Å²) in [5, 5.41) is -0.210. The van der Waals surface area contributed by atoms with E-state index in [0.29, 0.717) is 5.75 Å². The van der Waals surface area contributed by atoms with Crippen LogP contribution in [0.5, 0.6) is 0 Å². The highest BCUT2D eigenvalue weighted by molar-refractivity contribution is 8.00. The van der Waals surface area contributed by atoms with Crippen molar-refractivity contribution in [1.82, 2.24) is 4.90 Å². The first-order valence-electron chi connectivity index (χ1n) is 6.57. The van der Waals surface area contributed by atoms with E-state index in [1.54, 1.807) is 11.3 Å². The van der Waals surface area contributed by atoms with Crippen LogP contribution in [0.4, 0.5) is 13.2 Å². The molecule has 2 aromatic rings. The van der Waals surface area contributed by atoms with Crippen molar-refractivity contribution < 1.29 is 18.0 Å². The summed E-state index contributed by atoms with van der Waals surface area (Å²) in [5.74, 6) is -3.79. The van der Waals surface area contributed by atoms with Crippen LogP contribution in [0, 0.1) is 24.4 Å². The van der Waals surface area contributed by atoms with Crippen LogP contribution in [0.25, 0.3) is 0 Å². The van der Waals surface area contributed by atoms with Crippen LogP contribution in [0.15, 0.2) is 24.3 Å². The van der Waals surface area contributed by atoms with Crippen molar-refractivity contribution in [2.24, 2.45) is 0 Å². The predicted molar refractivity (Wildman–Crippen MR) is 81.1 cm³/mol. The smallest absolute Gasteiger partial charge is 0.234 e. The predicted octanol–water partition coefficient (Wildman–Crippen LogP) is 4.25. The molecule has 0 spiro atoms. The van der Waals surface area contributed by atoms with Crippen LogP contribution in [0.1, 0.15) is 20.7 Å². The zero-order chi connectivity index (χ0) is 15.9. The van der Waals surface area contributed by atoms with Gasteiger partial charge in [-0.1, -0.05) is 6.07 Å². The summed E-state index contributed by atoms with van der Waals surface area (Å²) in [6, 6.07) is 5.96. The highest BCUT2D eigenvalue weighted by Gasteiger charge is 2.34. The minimum atomic E-state index is -1.50. The molecule has 2 nitrogen and oxygen atoms in total. The van der Waals surface area contributed by atoms with Gasteiger partial charge in [-0.15, -0.1) is 23.1 Å². The maximum atomic E-state index is 13.8. The van der Waals surface area contributed by atoms with E-state index < -0.39 is 17.5 Å². The maximum Gasteiger partial charge on any atom is 0.234 e. The molecule has 0 aliphatic carbocycles. The molecular formula is C15H12F3NOS2. The fourth-order valence-corrected chi connectivity index (χ4v) is 4.62. The van der Waals surface area contributed by atoms with Crippen LogP contribution >= 0.6 is 23.1 Å². The molecule has 116 valence electrons. The second-order valence-electron chi connectivity index (χ2n) is 4.97. The largest absolute Gasteiger partial charge is 0.321 e. The lowest BCUT2D eigenvalue weighted by Crippen LogP contribution is -2.28. The fraction of sp³-hybridized carbons (Fsp3) is 0.267. The number of carbonyl (C=O) groups is 1. The zero-order valence-corrected chi connectivity index (χ0v) is 13.2. The first-order valence-corrected chi connectivity index (χ1v) is 8.43. The number of halogens is 3. The molecule has 1 amide bonds. The van der Waals surface area contributed by atoms with Gasteiger partial charge in [0.1, 0.15) is 5.37 Å². The number of hydrogen-bond acceptors (Lipinski definition) is 3. The highest BCUT2D eigenvalue weighted by atomic mass is 32.2. The Labute approximate surface area is 133 Å². The third kappa shape index (κ3) is 2.75. The normalized spacial score (nSPS) is 18.3. The molecule has 1 fully saturated rings. The lowest BCUT2D eigenvalue weighted by atomic mass is 10.1. The molecule has 1 aromatic carbocycles. The molecule has 1 saturated heterocycles. The molecular weight excluding hydrogens is 331 g/mol. The fourth-order valence-electron chi connectivity index (χ4n) is 2.32. The van der Waals surface area contributed by atoms with E-state index in [0.717, 1.165) is 15.8 Å². The van der Waals surface area contributed by atoms with Gasteiger partial charge in [0.2, 0.25) is 5.91 Å². The Morgan fingerprint density at radius 3 is 2.64 bits per heavy atom. The van der Waals surface area contributed by atoms with Crippen LogP contribution in [-0.4, -0.2) is 16.6 Å². The van der Waals surface area contributed by atoms with E-state index in [9.17, 15) is 18.0 Å². The lowest BCUT2D eigenvalue weighted by molar-refractivity contribution is -0.128.